The molecule has 17 heavy (non-hydrogen) atoms. The Bertz CT molecular complexity index is 404. The number of hydrogen-bond donors (Lipinski definition) is 3. The summed E-state index contributed by atoms with van der Waals surface area (Å²) in [4.78, 5) is 12.0. The number of rotatable bonds is 4. The summed E-state index contributed by atoms with van der Waals surface area (Å²) in [7, 11) is 0. The molecule has 0 fully saturated rings. The number of nitrogens with two attached hydrogens (primary N) is 1. The highest BCUT2D eigenvalue weighted by atomic mass is 16.3. The van der Waals surface area contributed by atoms with Crippen LogP contribution in [0.1, 0.15) is 29.8 Å². The van der Waals surface area contributed by atoms with E-state index in [2.05, 4.69) is 5.32 Å². The van der Waals surface area contributed by atoms with Gasteiger partial charge in [-0.2, -0.15) is 0 Å². The molecule has 4 N–H and O–H groups in total. The SMILES string of the molecule is Cc1ccc(N)c(C(=O)NC(C)C(C)CO)c1. The summed E-state index contributed by atoms with van der Waals surface area (Å²) in [6.45, 7) is 5.70. The lowest BCUT2D eigenvalue weighted by molar-refractivity contribution is 0.0917. The van der Waals surface area contributed by atoms with Crippen molar-refractivity contribution in [1.82, 2.24) is 5.32 Å². The molecule has 0 aromatic heterocycles. The quantitative estimate of drug-likeness (QED) is 0.690. The predicted octanol–water partition coefficient (Wildman–Crippen LogP) is 1.32. The van der Waals surface area contributed by atoms with Crippen molar-refractivity contribution in [2.45, 2.75) is 26.8 Å². The van der Waals surface area contributed by atoms with Crippen LogP contribution in [-0.2, 0) is 0 Å². The van der Waals surface area contributed by atoms with Gasteiger partial charge in [0.2, 0.25) is 0 Å². The lowest BCUT2D eigenvalue weighted by atomic mass is 10.0. The van der Waals surface area contributed by atoms with Crippen LogP contribution in [0.5, 0.6) is 0 Å². The van der Waals surface area contributed by atoms with Gasteiger partial charge >= 0.3 is 0 Å². The normalized spacial score (nSPS) is 14.1. The Morgan fingerprint density at radius 3 is 2.71 bits per heavy atom. The Hall–Kier alpha value is -1.55. The topological polar surface area (TPSA) is 75.4 Å². The van der Waals surface area contributed by atoms with E-state index in [1.54, 1.807) is 12.1 Å². The minimum absolute atomic E-state index is 0.0185. The average Bonchev–Trinajstić information content (AvgIpc) is 2.30. The molecule has 4 heteroatoms. The molecule has 0 bridgehead atoms. The molecular weight excluding hydrogens is 216 g/mol. The minimum Gasteiger partial charge on any atom is -0.398 e. The zero-order chi connectivity index (χ0) is 13.0. The van der Waals surface area contributed by atoms with Crippen molar-refractivity contribution in [3.8, 4) is 0 Å². The number of carbonyl (C=O) groups is 1. The second-order valence-electron chi connectivity index (χ2n) is 4.51. The van der Waals surface area contributed by atoms with Gasteiger partial charge in [0.25, 0.3) is 5.91 Å². The van der Waals surface area contributed by atoms with Gasteiger partial charge in [-0.25, -0.2) is 0 Å². The number of nitrogens with one attached hydrogen (secondary N) is 1. The molecule has 0 saturated carbocycles. The van der Waals surface area contributed by atoms with Gasteiger partial charge in [-0.1, -0.05) is 18.6 Å². The summed E-state index contributed by atoms with van der Waals surface area (Å²) in [6.07, 6.45) is 0. The van der Waals surface area contributed by atoms with Gasteiger partial charge in [-0.15, -0.1) is 0 Å². The third kappa shape index (κ3) is 3.46. The van der Waals surface area contributed by atoms with Crippen molar-refractivity contribution in [3.05, 3.63) is 29.3 Å². The molecule has 1 rings (SSSR count). The fourth-order valence-corrected chi connectivity index (χ4v) is 1.45. The van der Waals surface area contributed by atoms with Crippen LogP contribution in [0.3, 0.4) is 0 Å². The third-order valence-corrected chi connectivity index (χ3v) is 2.95. The number of benzene rings is 1. The average molecular weight is 236 g/mol. The fraction of sp³-hybridized carbons (Fsp3) is 0.462. The molecule has 0 aliphatic rings. The number of aryl methyl sites for hydroxylation is 1. The van der Waals surface area contributed by atoms with E-state index in [1.807, 2.05) is 26.8 Å². The van der Waals surface area contributed by atoms with Crippen LogP contribution in [-0.4, -0.2) is 23.7 Å². The molecule has 2 unspecified atom stereocenters. The van der Waals surface area contributed by atoms with Gasteiger partial charge in [0.1, 0.15) is 0 Å². The smallest absolute Gasteiger partial charge is 0.253 e. The molecule has 0 aliphatic carbocycles. The molecule has 2 atom stereocenters. The molecule has 1 amide bonds. The van der Waals surface area contributed by atoms with Crippen LogP contribution in [0.15, 0.2) is 18.2 Å². The standard InChI is InChI=1S/C13H20N2O2/c1-8-4-5-12(14)11(6-8)13(17)15-10(3)9(2)7-16/h4-6,9-10,16H,7,14H2,1-3H3,(H,15,17). The Morgan fingerprint density at radius 2 is 2.12 bits per heavy atom. The monoisotopic (exact) mass is 236 g/mol. The fourth-order valence-electron chi connectivity index (χ4n) is 1.45. The van der Waals surface area contributed by atoms with Gasteiger partial charge in [-0.3, -0.25) is 4.79 Å². The molecule has 1 aromatic carbocycles. The maximum absolute atomic E-state index is 12.0. The predicted molar refractivity (Wildman–Crippen MR) is 68.8 cm³/mol. The van der Waals surface area contributed by atoms with E-state index in [1.165, 1.54) is 0 Å². The highest BCUT2D eigenvalue weighted by molar-refractivity contribution is 5.99. The Balaban J connectivity index is 2.79. The van der Waals surface area contributed by atoms with E-state index in [0.29, 0.717) is 11.3 Å². The summed E-state index contributed by atoms with van der Waals surface area (Å²) in [5, 5.41) is 11.8. The lowest BCUT2D eigenvalue weighted by Crippen LogP contribution is -2.38. The number of aliphatic hydroxyl groups excluding tert-OH is 1. The van der Waals surface area contributed by atoms with Crippen molar-refractivity contribution in [1.29, 1.82) is 0 Å². The number of hydrogen-bond acceptors (Lipinski definition) is 3. The van der Waals surface area contributed by atoms with Crippen LogP contribution >= 0.6 is 0 Å². The first-order valence-electron chi connectivity index (χ1n) is 5.73. The number of aliphatic hydroxyl groups is 1. The van der Waals surface area contributed by atoms with Crippen LogP contribution in [0, 0.1) is 12.8 Å². The maximum Gasteiger partial charge on any atom is 0.253 e. The van der Waals surface area contributed by atoms with Crippen LogP contribution in [0.25, 0.3) is 0 Å². The number of carbonyl (C=O) groups excluding carboxylic acids is 1. The lowest BCUT2D eigenvalue weighted by Gasteiger charge is -2.19. The van der Waals surface area contributed by atoms with E-state index in [-0.39, 0.29) is 24.5 Å². The molecule has 0 radical (unpaired) electrons. The summed E-state index contributed by atoms with van der Waals surface area (Å²) < 4.78 is 0. The zero-order valence-electron chi connectivity index (χ0n) is 10.5. The zero-order valence-corrected chi connectivity index (χ0v) is 10.5. The molecule has 0 aliphatic heterocycles. The van der Waals surface area contributed by atoms with Gasteiger partial charge in [0.15, 0.2) is 0 Å². The van der Waals surface area contributed by atoms with Crippen LogP contribution in [0.4, 0.5) is 5.69 Å². The van der Waals surface area contributed by atoms with Gasteiger partial charge in [0, 0.05) is 18.3 Å². The molecule has 0 saturated heterocycles. The molecule has 1 aromatic rings. The number of nitrogen functional groups attached to an aromatic ring is 1. The molecule has 4 nitrogen and oxygen atoms in total. The summed E-state index contributed by atoms with van der Waals surface area (Å²) in [5.41, 5.74) is 7.71. The van der Waals surface area contributed by atoms with E-state index in [4.69, 9.17) is 10.8 Å². The van der Waals surface area contributed by atoms with Crippen LogP contribution < -0.4 is 11.1 Å². The second-order valence-corrected chi connectivity index (χ2v) is 4.51. The highest BCUT2D eigenvalue weighted by Gasteiger charge is 2.16. The molecule has 0 spiro atoms. The van der Waals surface area contributed by atoms with E-state index < -0.39 is 0 Å². The van der Waals surface area contributed by atoms with Crippen molar-refractivity contribution >= 4 is 11.6 Å². The summed E-state index contributed by atoms with van der Waals surface area (Å²) in [6, 6.07) is 5.27. The van der Waals surface area contributed by atoms with Crippen molar-refractivity contribution in [3.63, 3.8) is 0 Å². The number of amides is 1. The first kappa shape index (κ1) is 13.5. The summed E-state index contributed by atoms with van der Waals surface area (Å²) >= 11 is 0. The van der Waals surface area contributed by atoms with Crippen molar-refractivity contribution in [2.75, 3.05) is 12.3 Å². The van der Waals surface area contributed by atoms with Crippen molar-refractivity contribution < 1.29 is 9.90 Å². The highest BCUT2D eigenvalue weighted by Crippen LogP contribution is 2.14. The van der Waals surface area contributed by atoms with E-state index in [0.717, 1.165) is 5.56 Å². The molecule has 94 valence electrons. The van der Waals surface area contributed by atoms with Crippen molar-refractivity contribution in [2.24, 2.45) is 5.92 Å². The van der Waals surface area contributed by atoms with Gasteiger partial charge < -0.3 is 16.2 Å². The Morgan fingerprint density at radius 1 is 1.47 bits per heavy atom. The Labute approximate surface area is 102 Å². The molecular formula is C13H20N2O2. The largest absolute Gasteiger partial charge is 0.398 e. The first-order chi connectivity index (χ1) is 7.95. The third-order valence-electron chi connectivity index (χ3n) is 2.95. The van der Waals surface area contributed by atoms with Crippen LogP contribution in [0.2, 0.25) is 0 Å². The van der Waals surface area contributed by atoms with E-state index >= 15 is 0 Å². The van der Waals surface area contributed by atoms with E-state index in [9.17, 15) is 4.79 Å². The second kappa shape index (κ2) is 5.68. The number of anilines is 1. The summed E-state index contributed by atoms with van der Waals surface area (Å²) in [5.74, 6) is -0.177. The first-order valence-corrected chi connectivity index (χ1v) is 5.73. The van der Waals surface area contributed by atoms with Gasteiger partial charge in [-0.05, 0) is 31.9 Å². The maximum atomic E-state index is 12.0. The van der Waals surface area contributed by atoms with Gasteiger partial charge in [0.05, 0.1) is 5.56 Å². The minimum atomic E-state index is -0.195. The molecule has 0 heterocycles. The Kier molecular flexibility index (Phi) is 4.52.